The first-order chi connectivity index (χ1) is 21.7. The number of rotatable bonds is 16. The van der Waals surface area contributed by atoms with Crippen molar-refractivity contribution in [2.45, 2.75) is 134 Å². The fourth-order valence-corrected chi connectivity index (χ4v) is 4.35. The molecule has 0 saturated carbocycles. The monoisotopic (exact) mass is 734 g/mol. The minimum Gasteiger partial charge on any atom is -0.507 e. The summed E-state index contributed by atoms with van der Waals surface area (Å²) in [7, 11) is 0. The lowest BCUT2D eigenvalue weighted by atomic mass is 9.78. The molecule has 1 aromatic rings. The van der Waals surface area contributed by atoms with Gasteiger partial charge in [-0.1, -0.05) is 67.5 Å². The van der Waals surface area contributed by atoms with Crippen LogP contribution in [0.3, 0.4) is 0 Å². The summed E-state index contributed by atoms with van der Waals surface area (Å²) in [5.41, 5.74) is 0.318. The molecule has 1 rings (SSSR count). The number of carbonyl (C=O) groups excluding carboxylic acids is 2. The van der Waals surface area contributed by atoms with Crippen LogP contribution >= 0.6 is 0 Å². The molecule has 0 spiro atoms. The van der Waals surface area contributed by atoms with E-state index in [0.717, 1.165) is 0 Å². The predicted molar refractivity (Wildman–Crippen MR) is 154 cm³/mol. The van der Waals surface area contributed by atoms with Crippen molar-refractivity contribution in [2.75, 3.05) is 13.2 Å². The molecule has 1 unspecified atom stereocenters. The standard InChI is InChI=1S/C32H42F12O5/c1-9-18(2)24(47)49-15-13-28(35,36)30(39,40)32(43,44)31(41,42)29(37,38)27(33,34)12-14-48-22(45)11-10-19-16-20(25(3,4)5)23(46)21(17-19)26(6,7)8/h16-18,46H,9-15H2,1-8H3. The van der Waals surface area contributed by atoms with Crippen LogP contribution in [0.1, 0.15) is 97.8 Å². The first-order valence-electron chi connectivity index (χ1n) is 15.2. The topological polar surface area (TPSA) is 72.8 Å². The Morgan fingerprint density at radius 2 is 1.04 bits per heavy atom. The fourth-order valence-electron chi connectivity index (χ4n) is 4.35. The molecule has 0 saturated heterocycles. The summed E-state index contributed by atoms with van der Waals surface area (Å²) in [4.78, 5) is 23.7. The van der Waals surface area contributed by atoms with Crippen LogP contribution in [0, 0.1) is 5.92 Å². The second-order valence-corrected chi connectivity index (χ2v) is 13.9. The zero-order valence-corrected chi connectivity index (χ0v) is 28.3. The summed E-state index contributed by atoms with van der Waals surface area (Å²) in [6.07, 6.45) is -5.75. The zero-order chi connectivity index (χ0) is 38.8. The van der Waals surface area contributed by atoms with Gasteiger partial charge in [-0.05, 0) is 40.4 Å². The summed E-state index contributed by atoms with van der Waals surface area (Å²) in [5.74, 6) is -46.3. The Labute approximate surface area is 276 Å². The van der Waals surface area contributed by atoms with E-state index < -0.39 is 96.7 Å². The molecule has 0 heterocycles. The summed E-state index contributed by atoms with van der Waals surface area (Å²) < 4.78 is 179. The van der Waals surface area contributed by atoms with Gasteiger partial charge < -0.3 is 14.6 Å². The molecule has 0 aliphatic carbocycles. The maximum atomic E-state index is 14.3. The summed E-state index contributed by atoms with van der Waals surface area (Å²) in [6, 6.07) is 3.13. The number of hydrogen-bond donors (Lipinski definition) is 1. The molecule has 0 bridgehead atoms. The second kappa shape index (κ2) is 14.8. The van der Waals surface area contributed by atoms with E-state index in [9.17, 15) is 67.4 Å². The van der Waals surface area contributed by atoms with Gasteiger partial charge in [-0.25, -0.2) is 0 Å². The van der Waals surface area contributed by atoms with Crippen LogP contribution in [0.4, 0.5) is 52.7 Å². The average Bonchev–Trinajstić information content (AvgIpc) is 2.93. The Hall–Kier alpha value is -2.88. The number of carbonyl (C=O) groups is 2. The molecule has 284 valence electrons. The van der Waals surface area contributed by atoms with Crippen molar-refractivity contribution in [3.05, 3.63) is 28.8 Å². The number of ether oxygens (including phenoxy) is 2. The highest BCUT2D eigenvalue weighted by atomic mass is 19.4. The van der Waals surface area contributed by atoms with Crippen molar-refractivity contribution in [1.82, 2.24) is 0 Å². The van der Waals surface area contributed by atoms with E-state index >= 15 is 0 Å². The van der Waals surface area contributed by atoms with Crippen LogP contribution < -0.4 is 0 Å². The summed E-state index contributed by atoms with van der Waals surface area (Å²) in [6.45, 7) is 9.93. The van der Waals surface area contributed by atoms with Crippen LogP contribution in [0.15, 0.2) is 12.1 Å². The maximum absolute atomic E-state index is 14.3. The van der Waals surface area contributed by atoms with Gasteiger partial charge in [-0.2, -0.15) is 52.7 Å². The Kier molecular flexibility index (Phi) is 13.3. The van der Waals surface area contributed by atoms with Gasteiger partial charge in [-0.15, -0.1) is 0 Å². The number of halogens is 12. The lowest BCUT2D eigenvalue weighted by Crippen LogP contribution is -2.70. The van der Waals surface area contributed by atoms with E-state index in [1.807, 2.05) is 0 Å². The van der Waals surface area contributed by atoms with Crippen LogP contribution in [-0.4, -0.2) is 65.8 Å². The van der Waals surface area contributed by atoms with Crippen molar-refractivity contribution in [3.8, 4) is 5.75 Å². The van der Waals surface area contributed by atoms with Gasteiger partial charge in [-0.3, -0.25) is 9.59 Å². The molecule has 5 nitrogen and oxygen atoms in total. The largest absolute Gasteiger partial charge is 0.507 e. The first kappa shape index (κ1) is 44.1. The molecule has 0 aliphatic heterocycles. The van der Waals surface area contributed by atoms with Gasteiger partial charge in [0.05, 0.1) is 32.0 Å². The molecular weight excluding hydrogens is 692 g/mol. The smallest absolute Gasteiger partial charge is 0.384 e. The van der Waals surface area contributed by atoms with Crippen LogP contribution in [-0.2, 0) is 36.3 Å². The third kappa shape index (κ3) is 9.27. The lowest BCUT2D eigenvalue weighted by molar-refractivity contribution is -0.426. The predicted octanol–water partition coefficient (Wildman–Crippen LogP) is 9.64. The molecule has 1 aromatic carbocycles. The van der Waals surface area contributed by atoms with Crippen LogP contribution in [0.2, 0.25) is 0 Å². The highest BCUT2D eigenvalue weighted by Gasteiger charge is 2.89. The average molecular weight is 735 g/mol. The normalized spacial score (nSPS) is 14.9. The van der Waals surface area contributed by atoms with E-state index in [1.54, 1.807) is 53.7 Å². The van der Waals surface area contributed by atoms with Gasteiger partial charge in [0.2, 0.25) is 0 Å². The van der Waals surface area contributed by atoms with Gasteiger partial charge in [0.25, 0.3) is 0 Å². The molecule has 0 fully saturated rings. The van der Waals surface area contributed by atoms with E-state index in [-0.39, 0.29) is 18.6 Å². The molecule has 0 aromatic heterocycles. The second-order valence-electron chi connectivity index (χ2n) is 13.9. The fraction of sp³-hybridized carbons (Fsp3) is 0.750. The number of esters is 2. The number of hydrogen-bond acceptors (Lipinski definition) is 5. The molecule has 17 heteroatoms. The van der Waals surface area contributed by atoms with Crippen molar-refractivity contribution >= 4 is 11.9 Å². The van der Waals surface area contributed by atoms with Gasteiger partial charge in [0.1, 0.15) is 5.75 Å². The van der Waals surface area contributed by atoms with Gasteiger partial charge in [0.15, 0.2) is 0 Å². The lowest BCUT2D eigenvalue weighted by Gasteiger charge is -2.41. The van der Waals surface area contributed by atoms with Crippen LogP contribution in [0.5, 0.6) is 5.75 Å². The van der Waals surface area contributed by atoms with Crippen LogP contribution in [0.25, 0.3) is 0 Å². The summed E-state index contributed by atoms with van der Waals surface area (Å²) >= 11 is 0. The Morgan fingerprint density at radius 1 is 0.673 bits per heavy atom. The van der Waals surface area contributed by atoms with Gasteiger partial charge in [0, 0.05) is 6.42 Å². The molecular formula is C32H42F12O5. The minimum absolute atomic E-state index is 0.000857. The van der Waals surface area contributed by atoms with E-state index in [4.69, 9.17) is 0 Å². The number of aromatic hydroxyl groups is 1. The van der Waals surface area contributed by atoms with Gasteiger partial charge >= 0.3 is 47.5 Å². The Balaban J connectivity index is 3.07. The highest BCUT2D eigenvalue weighted by molar-refractivity contribution is 5.71. The number of aryl methyl sites for hydroxylation is 1. The molecule has 49 heavy (non-hydrogen) atoms. The quantitative estimate of drug-likeness (QED) is 0.135. The molecule has 1 atom stereocenters. The third-order valence-electron chi connectivity index (χ3n) is 7.86. The Bertz CT molecular complexity index is 1280. The number of phenolic OH excluding ortho intramolecular Hbond substituents is 1. The van der Waals surface area contributed by atoms with Crippen molar-refractivity contribution < 1.29 is 76.9 Å². The van der Waals surface area contributed by atoms with E-state index in [0.29, 0.717) is 16.7 Å². The number of phenols is 1. The van der Waals surface area contributed by atoms with Crippen molar-refractivity contribution in [3.63, 3.8) is 0 Å². The minimum atomic E-state index is -7.78. The number of alkyl halides is 12. The molecule has 0 radical (unpaired) electrons. The van der Waals surface area contributed by atoms with E-state index in [1.165, 1.54) is 13.8 Å². The highest BCUT2D eigenvalue weighted by Crippen LogP contribution is 2.61. The zero-order valence-electron chi connectivity index (χ0n) is 28.3. The molecule has 0 aliphatic rings. The van der Waals surface area contributed by atoms with Crippen molar-refractivity contribution in [1.29, 1.82) is 0 Å². The Morgan fingerprint density at radius 3 is 1.39 bits per heavy atom. The third-order valence-corrected chi connectivity index (χ3v) is 7.86. The number of benzene rings is 1. The summed E-state index contributed by atoms with van der Waals surface area (Å²) in [5, 5.41) is 10.8. The first-order valence-corrected chi connectivity index (χ1v) is 15.2. The maximum Gasteiger partial charge on any atom is 0.384 e. The van der Waals surface area contributed by atoms with E-state index in [2.05, 4.69) is 9.47 Å². The van der Waals surface area contributed by atoms with Crippen molar-refractivity contribution in [2.24, 2.45) is 5.92 Å². The molecule has 0 amide bonds. The SMILES string of the molecule is CCC(C)C(=O)OCCC(F)(F)C(F)(F)C(F)(F)C(F)(F)C(F)(F)C(F)(F)CCOC(=O)CCc1cc(C(C)(C)C)c(O)c(C(C)(C)C)c1. The molecule has 1 N–H and O–H groups in total.